The summed E-state index contributed by atoms with van der Waals surface area (Å²) < 4.78 is 26.0. The fourth-order valence-corrected chi connectivity index (χ4v) is 2.37. The number of carbonyl (C=O) groups excluding carboxylic acids is 1. The smallest absolute Gasteiger partial charge is 0.248 e. The molecule has 1 saturated carbocycles. The number of hydrogen-bond acceptors (Lipinski definition) is 2. The Morgan fingerprint density at radius 2 is 2.11 bits per heavy atom. The van der Waals surface area contributed by atoms with Crippen molar-refractivity contribution in [1.29, 1.82) is 0 Å². The Kier molecular flexibility index (Phi) is 3.73. The maximum absolute atomic E-state index is 13.0. The summed E-state index contributed by atoms with van der Waals surface area (Å²) in [5.74, 6) is -2.74. The Morgan fingerprint density at radius 1 is 1.44 bits per heavy atom. The summed E-state index contributed by atoms with van der Waals surface area (Å²) in [4.78, 5) is 16.2. The van der Waals surface area contributed by atoms with Crippen LogP contribution in [0.5, 0.6) is 0 Å². The molecule has 1 aromatic heterocycles. The van der Waals surface area contributed by atoms with Gasteiger partial charge in [-0.3, -0.25) is 9.78 Å². The highest BCUT2D eigenvalue weighted by atomic mass is 19.3. The first-order valence-corrected chi connectivity index (χ1v) is 6.29. The van der Waals surface area contributed by atoms with Gasteiger partial charge in [0.25, 0.3) is 0 Å². The van der Waals surface area contributed by atoms with Crippen molar-refractivity contribution in [3.8, 4) is 0 Å². The summed E-state index contributed by atoms with van der Waals surface area (Å²) in [5.41, 5.74) is 1.74. The average Bonchev–Trinajstić information content (AvgIpc) is 2.32. The van der Waals surface area contributed by atoms with E-state index in [9.17, 15) is 13.6 Å². The van der Waals surface area contributed by atoms with Crippen molar-refractivity contribution in [2.75, 3.05) is 0 Å². The predicted molar refractivity (Wildman–Crippen MR) is 64.6 cm³/mol. The van der Waals surface area contributed by atoms with Crippen LogP contribution in [-0.4, -0.2) is 16.7 Å². The molecule has 0 N–H and O–H groups in total. The quantitative estimate of drug-likeness (QED) is 0.827. The van der Waals surface area contributed by atoms with Gasteiger partial charge in [-0.05, 0) is 31.4 Å². The lowest BCUT2D eigenvalue weighted by molar-refractivity contribution is -0.126. The van der Waals surface area contributed by atoms with E-state index < -0.39 is 5.92 Å². The zero-order chi connectivity index (χ0) is 13.2. The van der Waals surface area contributed by atoms with Crippen LogP contribution in [0, 0.1) is 12.8 Å². The van der Waals surface area contributed by atoms with Gasteiger partial charge in [-0.25, -0.2) is 8.78 Å². The summed E-state index contributed by atoms with van der Waals surface area (Å²) in [6.45, 7) is 1.91. The largest absolute Gasteiger partial charge is 0.299 e. The molecule has 1 aromatic rings. The molecule has 0 spiro atoms. The maximum atomic E-state index is 13.0. The number of aromatic nitrogens is 1. The van der Waals surface area contributed by atoms with E-state index in [1.54, 1.807) is 6.20 Å². The number of halogens is 2. The fraction of sp³-hybridized carbons (Fsp3) is 0.571. The van der Waals surface area contributed by atoms with Crippen LogP contribution in [0.25, 0.3) is 0 Å². The first-order valence-electron chi connectivity index (χ1n) is 6.29. The third-order valence-electron chi connectivity index (χ3n) is 3.63. The molecule has 0 bridgehead atoms. The molecule has 1 fully saturated rings. The Hall–Kier alpha value is -1.32. The summed E-state index contributed by atoms with van der Waals surface area (Å²) in [7, 11) is 0. The van der Waals surface area contributed by atoms with Gasteiger partial charge in [-0.15, -0.1) is 0 Å². The lowest BCUT2D eigenvalue weighted by Crippen LogP contribution is -2.29. The van der Waals surface area contributed by atoms with Crippen molar-refractivity contribution in [3.63, 3.8) is 0 Å². The normalized spacial score (nSPS) is 19.7. The van der Waals surface area contributed by atoms with Gasteiger partial charge >= 0.3 is 0 Å². The lowest BCUT2D eigenvalue weighted by atomic mass is 9.82. The van der Waals surface area contributed by atoms with Gasteiger partial charge in [-0.1, -0.05) is 6.07 Å². The predicted octanol–water partition coefficient (Wildman–Crippen LogP) is 3.33. The highest BCUT2D eigenvalue weighted by Gasteiger charge is 2.37. The van der Waals surface area contributed by atoms with E-state index in [0.717, 1.165) is 11.3 Å². The van der Waals surface area contributed by atoms with Crippen LogP contribution >= 0.6 is 0 Å². The number of alkyl halides is 2. The number of rotatable bonds is 3. The first-order chi connectivity index (χ1) is 8.48. The van der Waals surface area contributed by atoms with Crippen molar-refractivity contribution in [2.45, 2.75) is 45.0 Å². The average molecular weight is 253 g/mol. The number of nitrogens with zero attached hydrogens (tertiary/aromatic N) is 1. The Morgan fingerprint density at radius 3 is 2.72 bits per heavy atom. The zero-order valence-electron chi connectivity index (χ0n) is 10.5. The van der Waals surface area contributed by atoms with Gasteiger partial charge in [0.1, 0.15) is 5.78 Å². The third-order valence-corrected chi connectivity index (χ3v) is 3.63. The minimum absolute atomic E-state index is 0.0484. The minimum Gasteiger partial charge on any atom is -0.299 e. The summed E-state index contributed by atoms with van der Waals surface area (Å²) in [6, 6.07) is 3.73. The van der Waals surface area contributed by atoms with Gasteiger partial charge in [0, 0.05) is 31.4 Å². The Labute approximate surface area is 105 Å². The van der Waals surface area contributed by atoms with Gasteiger partial charge in [0.05, 0.1) is 5.69 Å². The van der Waals surface area contributed by atoms with E-state index in [4.69, 9.17) is 0 Å². The maximum Gasteiger partial charge on any atom is 0.248 e. The SMILES string of the molecule is Cc1cccnc1CC(=O)C1CCC(F)(F)CC1. The van der Waals surface area contributed by atoms with E-state index in [-0.39, 0.29) is 31.0 Å². The topological polar surface area (TPSA) is 30.0 Å². The molecule has 0 aliphatic heterocycles. The number of aryl methyl sites for hydroxylation is 1. The molecule has 0 aromatic carbocycles. The summed E-state index contributed by atoms with van der Waals surface area (Å²) >= 11 is 0. The molecular weight excluding hydrogens is 236 g/mol. The van der Waals surface area contributed by atoms with Crippen LogP contribution in [0.4, 0.5) is 8.78 Å². The van der Waals surface area contributed by atoms with Crippen LogP contribution in [0.3, 0.4) is 0 Å². The van der Waals surface area contributed by atoms with Crippen molar-refractivity contribution in [2.24, 2.45) is 5.92 Å². The molecule has 1 aliphatic rings. The Bertz CT molecular complexity index is 435. The van der Waals surface area contributed by atoms with Crippen molar-refractivity contribution >= 4 is 5.78 Å². The van der Waals surface area contributed by atoms with E-state index >= 15 is 0 Å². The van der Waals surface area contributed by atoms with E-state index in [2.05, 4.69) is 4.98 Å². The number of carbonyl (C=O) groups is 1. The second kappa shape index (κ2) is 5.12. The molecule has 1 aliphatic carbocycles. The molecule has 0 unspecified atom stereocenters. The van der Waals surface area contributed by atoms with E-state index in [1.807, 2.05) is 19.1 Å². The molecule has 0 radical (unpaired) electrons. The number of hydrogen-bond donors (Lipinski definition) is 0. The molecule has 2 rings (SSSR count). The molecular formula is C14H17F2NO. The highest BCUT2D eigenvalue weighted by Crippen LogP contribution is 2.36. The fourth-order valence-electron chi connectivity index (χ4n) is 2.37. The lowest BCUT2D eigenvalue weighted by Gasteiger charge is -2.27. The van der Waals surface area contributed by atoms with E-state index in [0.29, 0.717) is 12.8 Å². The molecule has 4 heteroatoms. The Balaban J connectivity index is 1.95. The summed E-state index contributed by atoms with van der Waals surface area (Å²) in [6.07, 6.45) is 2.21. The standard InChI is InChI=1S/C14H17F2NO/c1-10-3-2-8-17-12(10)9-13(18)11-4-6-14(15,16)7-5-11/h2-3,8,11H,4-7,9H2,1H3. The highest BCUT2D eigenvalue weighted by molar-refractivity contribution is 5.83. The second-order valence-corrected chi connectivity index (χ2v) is 5.04. The third kappa shape index (κ3) is 3.12. The van der Waals surface area contributed by atoms with Crippen LogP contribution in [0.15, 0.2) is 18.3 Å². The zero-order valence-corrected chi connectivity index (χ0v) is 10.5. The van der Waals surface area contributed by atoms with Crippen LogP contribution < -0.4 is 0 Å². The van der Waals surface area contributed by atoms with Crippen LogP contribution in [-0.2, 0) is 11.2 Å². The van der Waals surface area contributed by atoms with Crippen LogP contribution in [0.2, 0.25) is 0 Å². The monoisotopic (exact) mass is 253 g/mol. The molecule has 98 valence electrons. The summed E-state index contributed by atoms with van der Waals surface area (Å²) in [5, 5.41) is 0. The van der Waals surface area contributed by atoms with E-state index in [1.165, 1.54) is 0 Å². The molecule has 2 nitrogen and oxygen atoms in total. The van der Waals surface area contributed by atoms with Crippen molar-refractivity contribution in [3.05, 3.63) is 29.6 Å². The molecule has 18 heavy (non-hydrogen) atoms. The minimum atomic E-state index is -2.57. The van der Waals surface area contributed by atoms with Crippen molar-refractivity contribution in [1.82, 2.24) is 4.98 Å². The number of Topliss-reactive ketones (excluding diaryl/α,β-unsaturated/α-hetero) is 1. The van der Waals surface area contributed by atoms with Gasteiger partial charge in [0.2, 0.25) is 5.92 Å². The first kappa shape index (κ1) is 13.1. The van der Waals surface area contributed by atoms with Gasteiger partial charge < -0.3 is 0 Å². The second-order valence-electron chi connectivity index (χ2n) is 5.04. The van der Waals surface area contributed by atoms with Gasteiger partial charge in [0.15, 0.2) is 0 Å². The number of ketones is 1. The molecule has 1 heterocycles. The van der Waals surface area contributed by atoms with Crippen molar-refractivity contribution < 1.29 is 13.6 Å². The molecule has 0 amide bonds. The number of pyridine rings is 1. The van der Waals surface area contributed by atoms with Gasteiger partial charge in [-0.2, -0.15) is 0 Å². The molecule has 0 saturated heterocycles. The molecule has 0 atom stereocenters. The van der Waals surface area contributed by atoms with Crippen LogP contribution in [0.1, 0.15) is 36.9 Å².